The number of hydrogen-bond donors (Lipinski definition) is 0. The van der Waals surface area contributed by atoms with Crippen molar-refractivity contribution in [3.05, 3.63) is 0 Å². The van der Waals surface area contributed by atoms with Crippen LogP contribution in [0.5, 0.6) is 0 Å². The second-order valence-electron chi connectivity index (χ2n) is 5.22. The van der Waals surface area contributed by atoms with E-state index in [0.717, 1.165) is 11.8 Å². The minimum Gasteiger partial charge on any atom is -0.0654 e. The highest BCUT2D eigenvalue weighted by atomic mass is 14.3. The third-order valence-corrected chi connectivity index (χ3v) is 3.97. The summed E-state index contributed by atoms with van der Waals surface area (Å²) in [7, 11) is 0. The summed E-state index contributed by atoms with van der Waals surface area (Å²) in [6.45, 7) is 4.76. The molecule has 0 aromatic rings. The number of hydrogen-bond acceptors (Lipinski definition) is 0. The van der Waals surface area contributed by atoms with Crippen molar-refractivity contribution < 1.29 is 0 Å². The van der Waals surface area contributed by atoms with Gasteiger partial charge in [-0.25, -0.2) is 0 Å². The largest absolute Gasteiger partial charge is 0.0654 e. The van der Waals surface area contributed by atoms with E-state index in [1.54, 1.807) is 0 Å². The fourth-order valence-electron chi connectivity index (χ4n) is 2.83. The molecule has 0 saturated heterocycles. The Morgan fingerprint density at radius 1 is 0.929 bits per heavy atom. The molecule has 1 saturated carbocycles. The van der Waals surface area contributed by atoms with Gasteiger partial charge in [-0.1, -0.05) is 78.1 Å². The van der Waals surface area contributed by atoms with Gasteiger partial charge in [0.1, 0.15) is 0 Å². The van der Waals surface area contributed by atoms with E-state index < -0.39 is 0 Å². The van der Waals surface area contributed by atoms with Gasteiger partial charge in [0.2, 0.25) is 0 Å². The fourth-order valence-corrected chi connectivity index (χ4v) is 2.83. The molecule has 0 spiro atoms. The molecule has 0 aromatic heterocycles. The maximum Gasteiger partial charge on any atom is -0.0388 e. The summed E-state index contributed by atoms with van der Waals surface area (Å²) in [6.07, 6.45) is 14.8. The summed E-state index contributed by atoms with van der Waals surface area (Å²) in [5.41, 5.74) is 0. The molecule has 2 atom stereocenters. The van der Waals surface area contributed by atoms with Crippen LogP contribution in [0.4, 0.5) is 0 Å². The van der Waals surface area contributed by atoms with Crippen molar-refractivity contribution in [1.82, 2.24) is 0 Å². The zero-order valence-corrected chi connectivity index (χ0v) is 10.2. The second-order valence-corrected chi connectivity index (χ2v) is 5.22. The van der Waals surface area contributed by atoms with Gasteiger partial charge in [-0.2, -0.15) is 0 Å². The first-order valence-electron chi connectivity index (χ1n) is 6.84. The van der Waals surface area contributed by atoms with E-state index in [1.807, 2.05) is 0 Å². The molecule has 0 nitrogen and oxygen atoms in total. The minimum absolute atomic E-state index is 1.02. The van der Waals surface area contributed by atoms with Crippen molar-refractivity contribution in [3.63, 3.8) is 0 Å². The van der Waals surface area contributed by atoms with Crippen LogP contribution in [-0.4, -0.2) is 0 Å². The number of unbranched alkanes of at least 4 members (excludes halogenated alkanes) is 4. The maximum absolute atomic E-state index is 2.47. The van der Waals surface area contributed by atoms with E-state index >= 15 is 0 Å². The molecule has 0 radical (unpaired) electrons. The highest BCUT2D eigenvalue weighted by Gasteiger charge is 2.20. The molecule has 0 heterocycles. The molecule has 0 N–H and O–H groups in total. The normalized spacial score (nSPS) is 27.9. The lowest BCUT2D eigenvalue weighted by Gasteiger charge is -2.28. The van der Waals surface area contributed by atoms with Gasteiger partial charge in [0.15, 0.2) is 0 Å². The lowest BCUT2D eigenvalue weighted by atomic mass is 9.78. The molecule has 1 aliphatic rings. The third-order valence-electron chi connectivity index (χ3n) is 3.97. The molecular formula is C14H28. The van der Waals surface area contributed by atoms with Crippen LogP contribution in [0.3, 0.4) is 0 Å². The molecule has 0 heteroatoms. The van der Waals surface area contributed by atoms with Crippen molar-refractivity contribution in [2.24, 2.45) is 11.8 Å². The Bertz CT molecular complexity index is 128. The lowest BCUT2D eigenvalue weighted by Crippen LogP contribution is -2.16. The Morgan fingerprint density at radius 3 is 2.36 bits per heavy atom. The second kappa shape index (κ2) is 7.31. The van der Waals surface area contributed by atoms with Crippen molar-refractivity contribution in [2.75, 3.05) is 0 Å². The Labute approximate surface area is 90.5 Å². The molecule has 1 rings (SSSR count). The van der Waals surface area contributed by atoms with E-state index in [-0.39, 0.29) is 0 Å². The zero-order valence-electron chi connectivity index (χ0n) is 10.2. The molecule has 0 aromatic carbocycles. The van der Waals surface area contributed by atoms with Crippen molar-refractivity contribution in [1.29, 1.82) is 0 Å². The first-order chi connectivity index (χ1) is 6.84. The van der Waals surface area contributed by atoms with Crippen molar-refractivity contribution in [2.45, 2.75) is 78.1 Å². The molecule has 0 bridgehead atoms. The Balaban J connectivity index is 1.99. The lowest BCUT2D eigenvalue weighted by molar-refractivity contribution is 0.236. The summed E-state index contributed by atoms with van der Waals surface area (Å²) in [5.74, 6) is 2.10. The molecule has 0 aliphatic heterocycles. The van der Waals surface area contributed by atoms with Crippen molar-refractivity contribution in [3.8, 4) is 0 Å². The van der Waals surface area contributed by atoms with Crippen molar-refractivity contribution >= 4 is 0 Å². The predicted molar refractivity (Wildman–Crippen MR) is 64.5 cm³/mol. The quantitative estimate of drug-likeness (QED) is 0.514. The van der Waals surface area contributed by atoms with Crippen LogP contribution >= 0.6 is 0 Å². The Hall–Kier alpha value is 0. The van der Waals surface area contributed by atoms with Gasteiger partial charge in [-0.05, 0) is 11.8 Å². The van der Waals surface area contributed by atoms with E-state index in [4.69, 9.17) is 0 Å². The van der Waals surface area contributed by atoms with Gasteiger partial charge >= 0.3 is 0 Å². The summed E-state index contributed by atoms with van der Waals surface area (Å²) in [4.78, 5) is 0. The first kappa shape index (κ1) is 12.1. The third kappa shape index (κ3) is 4.48. The molecule has 1 fully saturated rings. The first-order valence-corrected chi connectivity index (χ1v) is 6.84. The van der Waals surface area contributed by atoms with Gasteiger partial charge < -0.3 is 0 Å². The van der Waals surface area contributed by atoms with E-state index in [2.05, 4.69) is 13.8 Å². The average Bonchev–Trinajstić information content (AvgIpc) is 2.20. The summed E-state index contributed by atoms with van der Waals surface area (Å²) in [5, 5.41) is 0. The van der Waals surface area contributed by atoms with E-state index in [0.29, 0.717) is 0 Å². The van der Waals surface area contributed by atoms with Gasteiger partial charge in [0, 0.05) is 0 Å². The van der Waals surface area contributed by atoms with Crippen LogP contribution in [0.2, 0.25) is 0 Å². The molecule has 14 heavy (non-hydrogen) atoms. The molecule has 84 valence electrons. The Kier molecular flexibility index (Phi) is 6.31. The average molecular weight is 196 g/mol. The standard InChI is InChI=1S/C14H28/c1-3-4-5-6-7-11-14-12-9-8-10-13(14)2/h13-14H,3-12H2,1-2H3/t13-,14+/m0/s1. The van der Waals surface area contributed by atoms with Gasteiger partial charge in [0.05, 0.1) is 0 Å². The highest BCUT2D eigenvalue weighted by molar-refractivity contribution is 4.72. The molecule has 1 aliphatic carbocycles. The topological polar surface area (TPSA) is 0 Å². The van der Waals surface area contributed by atoms with Crippen LogP contribution in [0, 0.1) is 11.8 Å². The molecular weight excluding hydrogens is 168 g/mol. The highest BCUT2D eigenvalue weighted by Crippen LogP contribution is 2.33. The zero-order chi connectivity index (χ0) is 10.2. The van der Waals surface area contributed by atoms with Crippen LogP contribution in [-0.2, 0) is 0 Å². The summed E-state index contributed by atoms with van der Waals surface area (Å²) in [6, 6.07) is 0. The van der Waals surface area contributed by atoms with Crippen LogP contribution in [0.25, 0.3) is 0 Å². The van der Waals surface area contributed by atoms with E-state index in [1.165, 1.54) is 64.2 Å². The van der Waals surface area contributed by atoms with Crippen LogP contribution in [0.1, 0.15) is 78.1 Å². The summed E-state index contributed by atoms with van der Waals surface area (Å²) < 4.78 is 0. The van der Waals surface area contributed by atoms with Crippen LogP contribution < -0.4 is 0 Å². The molecule has 0 unspecified atom stereocenters. The SMILES string of the molecule is CCCCCCC[C@@H]1CCCC[C@@H]1C. The summed E-state index contributed by atoms with van der Waals surface area (Å²) >= 11 is 0. The Morgan fingerprint density at radius 2 is 1.64 bits per heavy atom. The molecule has 0 amide bonds. The fraction of sp³-hybridized carbons (Fsp3) is 1.00. The van der Waals surface area contributed by atoms with Gasteiger partial charge in [0.25, 0.3) is 0 Å². The smallest absolute Gasteiger partial charge is 0.0388 e. The predicted octanol–water partition coefficient (Wildman–Crippen LogP) is 5.17. The minimum atomic E-state index is 1.02. The number of rotatable bonds is 6. The van der Waals surface area contributed by atoms with Gasteiger partial charge in [-0.3, -0.25) is 0 Å². The monoisotopic (exact) mass is 196 g/mol. The van der Waals surface area contributed by atoms with E-state index in [9.17, 15) is 0 Å². The maximum atomic E-state index is 2.47. The van der Waals surface area contributed by atoms with Crippen LogP contribution in [0.15, 0.2) is 0 Å². The van der Waals surface area contributed by atoms with Gasteiger partial charge in [-0.15, -0.1) is 0 Å².